The predicted molar refractivity (Wildman–Crippen MR) is 39.4 cm³/mol. The van der Waals surface area contributed by atoms with Gasteiger partial charge in [0, 0.05) is 0 Å². The molecule has 0 amide bonds. The Morgan fingerprint density at radius 3 is 2.17 bits per heavy atom. The van der Waals surface area contributed by atoms with Gasteiger partial charge in [0.05, 0.1) is 12.7 Å². The van der Waals surface area contributed by atoms with Crippen molar-refractivity contribution < 1.29 is 25.2 Å². The van der Waals surface area contributed by atoms with E-state index in [1.165, 1.54) is 0 Å². The minimum absolute atomic E-state index is 0.366. The summed E-state index contributed by atoms with van der Waals surface area (Å²) in [5.41, 5.74) is 0. The van der Waals surface area contributed by atoms with Crippen LogP contribution in [0.15, 0.2) is 0 Å². The summed E-state index contributed by atoms with van der Waals surface area (Å²) >= 11 is 0. The standard InChI is InChI=1S/C7H14O5/c1-3-5(9)7(11)6(10)4(2-8)12-3/h3-11H,2H2,1H3/t3-,4-,5+,6+,7+/m1/s1. The molecule has 12 heavy (non-hydrogen) atoms. The smallest absolute Gasteiger partial charge is 0.111 e. The van der Waals surface area contributed by atoms with Gasteiger partial charge in [-0.2, -0.15) is 0 Å². The van der Waals surface area contributed by atoms with Crippen molar-refractivity contribution in [1.29, 1.82) is 0 Å². The highest BCUT2D eigenvalue weighted by atomic mass is 16.5. The molecule has 72 valence electrons. The number of ether oxygens (including phenoxy) is 1. The molecule has 0 unspecified atom stereocenters. The quantitative estimate of drug-likeness (QED) is 0.367. The first-order valence-corrected chi connectivity index (χ1v) is 3.88. The Kier molecular flexibility index (Phi) is 3.03. The lowest BCUT2D eigenvalue weighted by molar-refractivity contribution is -0.224. The summed E-state index contributed by atoms with van der Waals surface area (Å²) in [6.07, 6.45) is -4.94. The van der Waals surface area contributed by atoms with Crippen LogP contribution in [0, 0.1) is 0 Å². The van der Waals surface area contributed by atoms with Crippen LogP contribution < -0.4 is 0 Å². The third kappa shape index (κ3) is 1.60. The van der Waals surface area contributed by atoms with Gasteiger partial charge in [0.2, 0.25) is 0 Å². The maximum absolute atomic E-state index is 9.23. The molecule has 0 spiro atoms. The molecule has 5 nitrogen and oxygen atoms in total. The zero-order valence-electron chi connectivity index (χ0n) is 6.79. The third-order valence-electron chi connectivity index (χ3n) is 2.13. The van der Waals surface area contributed by atoms with E-state index in [-0.39, 0.29) is 6.61 Å². The molecule has 1 heterocycles. The molecule has 1 aliphatic heterocycles. The summed E-state index contributed by atoms with van der Waals surface area (Å²) in [5, 5.41) is 36.4. The van der Waals surface area contributed by atoms with Crippen LogP contribution in [-0.2, 0) is 4.74 Å². The SMILES string of the molecule is C[C@H]1O[C@H](CO)[C@H](O)[C@@H](O)[C@H]1O. The Labute approximate surface area is 70.2 Å². The molecule has 4 N–H and O–H groups in total. The first kappa shape index (κ1) is 9.88. The van der Waals surface area contributed by atoms with Crippen molar-refractivity contribution in [2.75, 3.05) is 6.61 Å². The van der Waals surface area contributed by atoms with Crippen LogP contribution in [-0.4, -0.2) is 57.6 Å². The van der Waals surface area contributed by atoms with Gasteiger partial charge in [0.15, 0.2) is 0 Å². The van der Waals surface area contributed by atoms with Gasteiger partial charge in [0.25, 0.3) is 0 Å². The van der Waals surface area contributed by atoms with E-state index < -0.39 is 30.5 Å². The van der Waals surface area contributed by atoms with E-state index in [9.17, 15) is 15.3 Å². The second-order valence-electron chi connectivity index (χ2n) is 3.03. The minimum atomic E-state index is -1.24. The lowest BCUT2D eigenvalue weighted by Crippen LogP contribution is -2.57. The molecule has 0 radical (unpaired) electrons. The van der Waals surface area contributed by atoms with Crippen LogP contribution >= 0.6 is 0 Å². The summed E-state index contributed by atoms with van der Waals surface area (Å²) in [5.74, 6) is 0. The predicted octanol–water partition coefficient (Wildman–Crippen LogP) is -2.15. The molecular weight excluding hydrogens is 164 g/mol. The second kappa shape index (κ2) is 3.68. The van der Waals surface area contributed by atoms with Crippen molar-refractivity contribution in [3.63, 3.8) is 0 Å². The van der Waals surface area contributed by atoms with Gasteiger partial charge < -0.3 is 25.2 Å². The van der Waals surface area contributed by atoms with E-state index in [4.69, 9.17) is 9.84 Å². The van der Waals surface area contributed by atoms with Crippen molar-refractivity contribution in [3.05, 3.63) is 0 Å². The van der Waals surface area contributed by atoms with E-state index >= 15 is 0 Å². The zero-order valence-corrected chi connectivity index (χ0v) is 6.79. The van der Waals surface area contributed by atoms with Gasteiger partial charge in [-0.05, 0) is 6.92 Å². The summed E-state index contributed by atoms with van der Waals surface area (Å²) in [7, 11) is 0. The van der Waals surface area contributed by atoms with Gasteiger partial charge in [-0.3, -0.25) is 0 Å². The van der Waals surface area contributed by atoms with Crippen LogP contribution in [0.5, 0.6) is 0 Å². The monoisotopic (exact) mass is 178 g/mol. The maximum atomic E-state index is 9.23. The minimum Gasteiger partial charge on any atom is -0.394 e. The molecule has 1 saturated heterocycles. The molecule has 5 atom stereocenters. The lowest BCUT2D eigenvalue weighted by Gasteiger charge is -2.38. The Bertz CT molecular complexity index is 146. The molecule has 1 fully saturated rings. The summed E-state index contributed by atoms with van der Waals surface area (Å²) in [6.45, 7) is 1.21. The van der Waals surface area contributed by atoms with Crippen molar-refractivity contribution >= 4 is 0 Å². The highest BCUT2D eigenvalue weighted by molar-refractivity contribution is 4.89. The molecule has 0 aromatic carbocycles. The van der Waals surface area contributed by atoms with Crippen molar-refractivity contribution in [2.45, 2.75) is 37.4 Å². The maximum Gasteiger partial charge on any atom is 0.111 e. The number of aliphatic hydroxyl groups excluding tert-OH is 4. The highest BCUT2D eigenvalue weighted by Gasteiger charge is 2.41. The van der Waals surface area contributed by atoms with Crippen molar-refractivity contribution in [3.8, 4) is 0 Å². The molecule has 0 aromatic heterocycles. The fourth-order valence-corrected chi connectivity index (χ4v) is 1.29. The Balaban J connectivity index is 2.63. The van der Waals surface area contributed by atoms with Crippen LogP contribution in [0.25, 0.3) is 0 Å². The third-order valence-corrected chi connectivity index (χ3v) is 2.13. The molecule has 0 aromatic rings. The largest absolute Gasteiger partial charge is 0.394 e. The van der Waals surface area contributed by atoms with E-state index in [1.807, 2.05) is 0 Å². The van der Waals surface area contributed by atoms with E-state index in [2.05, 4.69) is 0 Å². The van der Waals surface area contributed by atoms with E-state index in [1.54, 1.807) is 6.92 Å². The van der Waals surface area contributed by atoms with Crippen LogP contribution in [0.4, 0.5) is 0 Å². The van der Waals surface area contributed by atoms with Gasteiger partial charge in [-0.15, -0.1) is 0 Å². The Morgan fingerprint density at radius 1 is 1.08 bits per heavy atom. The molecule has 1 aliphatic rings. The Morgan fingerprint density at radius 2 is 1.67 bits per heavy atom. The van der Waals surface area contributed by atoms with Crippen LogP contribution in [0.2, 0.25) is 0 Å². The molecular formula is C7H14O5. The van der Waals surface area contributed by atoms with Crippen LogP contribution in [0.1, 0.15) is 6.92 Å². The highest BCUT2D eigenvalue weighted by Crippen LogP contribution is 2.20. The van der Waals surface area contributed by atoms with Gasteiger partial charge in [-0.25, -0.2) is 0 Å². The second-order valence-corrected chi connectivity index (χ2v) is 3.03. The normalized spacial score (nSPS) is 49.2. The van der Waals surface area contributed by atoms with E-state index in [0.29, 0.717) is 0 Å². The summed E-state index contributed by atoms with van der Waals surface area (Å²) in [4.78, 5) is 0. The first-order chi connectivity index (χ1) is 5.57. The zero-order chi connectivity index (χ0) is 9.30. The molecule has 5 heteroatoms. The average Bonchev–Trinajstić information content (AvgIpc) is 2.08. The van der Waals surface area contributed by atoms with Gasteiger partial charge >= 0.3 is 0 Å². The Hall–Kier alpha value is -0.200. The fourth-order valence-electron chi connectivity index (χ4n) is 1.29. The average molecular weight is 178 g/mol. The van der Waals surface area contributed by atoms with Crippen LogP contribution in [0.3, 0.4) is 0 Å². The number of aliphatic hydroxyl groups is 4. The van der Waals surface area contributed by atoms with E-state index in [0.717, 1.165) is 0 Å². The van der Waals surface area contributed by atoms with Gasteiger partial charge in [0.1, 0.15) is 24.4 Å². The first-order valence-electron chi connectivity index (χ1n) is 3.88. The number of rotatable bonds is 1. The lowest BCUT2D eigenvalue weighted by atomic mass is 9.96. The summed E-state index contributed by atoms with van der Waals surface area (Å²) in [6, 6.07) is 0. The molecule has 0 aliphatic carbocycles. The summed E-state index contributed by atoms with van der Waals surface area (Å²) < 4.78 is 5.02. The molecule has 0 bridgehead atoms. The molecule has 0 saturated carbocycles. The fraction of sp³-hybridized carbons (Fsp3) is 1.00. The van der Waals surface area contributed by atoms with Gasteiger partial charge in [-0.1, -0.05) is 0 Å². The number of hydrogen-bond acceptors (Lipinski definition) is 5. The van der Waals surface area contributed by atoms with Crippen molar-refractivity contribution in [2.24, 2.45) is 0 Å². The van der Waals surface area contributed by atoms with Crippen molar-refractivity contribution in [1.82, 2.24) is 0 Å². The number of hydrogen-bond donors (Lipinski definition) is 4. The topological polar surface area (TPSA) is 90.2 Å². The molecule has 1 rings (SSSR count).